The third-order valence-electron chi connectivity index (χ3n) is 10.9. The number of carbonyl (C=O) groups is 6. The first-order chi connectivity index (χ1) is 37.8. The minimum absolute atomic E-state index is 0.000883. The number of hydrogen-bond donors (Lipinski definition) is 6. The Morgan fingerprint density at radius 2 is 1.53 bits per heavy atom. The molecule has 3 aromatic carbocycles. The molecule has 1 aromatic heterocycles. The molecule has 1 aliphatic heterocycles. The molecule has 2 atom stereocenters. The number of methoxy groups -OCH3 is 2. The van der Waals surface area contributed by atoms with E-state index < -0.39 is 95.5 Å². The van der Waals surface area contributed by atoms with Gasteiger partial charge in [-0.25, -0.2) is 36.8 Å². The van der Waals surface area contributed by atoms with Crippen LogP contribution < -0.4 is 34.9 Å². The fourth-order valence-corrected chi connectivity index (χ4v) is 9.67. The summed E-state index contributed by atoms with van der Waals surface area (Å²) in [6, 6.07) is 7.82. The number of imide groups is 1. The summed E-state index contributed by atoms with van der Waals surface area (Å²) in [6.07, 6.45) is -0.796. The summed E-state index contributed by atoms with van der Waals surface area (Å²) in [5.74, 6) is -4.67. The molecule has 4 amide bonds. The molecule has 2 unspecified atom stereocenters. The Morgan fingerprint density at radius 1 is 0.914 bits per heavy atom. The van der Waals surface area contributed by atoms with Crippen LogP contribution >= 0.6 is 42.2 Å². The molecule has 0 spiro atoms. The van der Waals surface area contributed by atoms with Crippen molar-refractivity contribution in [1.29, 1.82) is 0 Å². The minimum atomic E-state index is -4.45. The van der Waals surface area contributed by atoms with Gasteiger partial charge in [0, 0.05) is 36.5 Å². The number of benzene rings is 3. The van der Waals surface area contributed by atoms with Crippen LogP contribution in [-0.2, 0) is 44.9 Å². The lowest BCUT2D eigenvalue weighted by Crippen LogP contribution is -2.35. The minimum Gasteiger partial charge on any atom is -0.494 e. The number of esters is 1. The lowest BCUT2D eigenvalue weighted by atomic mass is 9.93. The fourth-order valence-electron chi connectivity index (χ4n) is 7.07. The zero-order valence-corrected chi connectivity index (χ0v) is 47.9. The van der Waals surface area contributed by atoms with Gasteiger partial charge in [0.25, 0.3) is 21.8 Å². The van der Waals surface area contributed by atoms with E-state index in [1.807, 2.05) is 6.92 Å². The Balaban J connectivity index is 0.000000307. The highest BCUT2D eigenvalue weighted by atomic mass is 35.5. The maximum atomic E-state index is 14.5. The molecule has 4 aromatic rings. The van der Waals surface area contributed by atoms with Gasteiger partial charge in [0.2, 0.25) is 5.95 Å². The Labute approximate surface area is 477 Å². The molecule has 1 aliphatic carbocycles. The quantitative estimate of drug-likeness (QED) is 0.0158. The maximum Gasteiger partial charge on any atom is 0.389 e. The van der Waals surface area contributed by atoms with E-state index in [9.17, 15) is 59.3 Å². The standard InChI is InChI=1S/C21H23ClFNO5.C15H16F3N5O4S.C8H6Cl2O3.C5H12NO4P/c1-2-3-6-9-28-19(25)12-29-18-11-17(16(23)10-15(18)22)24-20(26)13-7-4-5-8-14(13)21(24)27;1-9-19-12(22-14(20-9)27-2)21-13(24)23-28(25,26)11-6-4-3-5-10(11)7-8-15(16,17)18;1-13-7-5(10)3-2-4(9)6(7)8(11)12;1-11(9,10)3-2-4(6)5(7)8/h10-11H,2-9,12H2,1H3;3-6H,7-8H2,1-2H3,(H2,19,20,21,22,23,24);2-3H,1H3,(H,11,12);4H,2-3,6H2,1H3,(H,7,8)(H,9,10). The van der Waals surface area contributed by atoms with Crippen molar-refractivity contribution in [2.24, 2.45) is 5.73 Å². The van der Waals surface area contributed by atoms with Crippen molar-refractivity contribution < 1.29 is 93.4 Å². The van der Waals surface area contributed by atoms with Gasteiger partial charge in [0.15, 0.2) is 19.7 Å². The van der Waals surface area contributed by atoms with Crippen LogP contribution in [0.1, 0.15) is 86.5 Å². The number of alkyl halides is 3. The van der Waals surface area contributed by atoms with Crippen LogP contribution in [0.25, 0.3) is 0 Å². The number of aromatic nitrogens is 3. The van der Waals surface area contributed by atoms with E-state index in [1.54, 1.807) is 4.72 Å². The lowest BCUT2D eigenvalue weighted by Gasteiger charge is -2.18. The van der Waals surface area contributed by atoms with E-state index in [0.717, 1.165) is 49.1 Å². The number of unbranched alkanes of at least 4 members (excludes halogenated alkanes) is 2. The number of carboxylic acid groups (broad SMARTS) is 2. The monoisotopic (exact) mass is 1240 g/mol. The summed E-state index contributed by atoms with van der Waals surface area (Å²) in [7, 11) is -4.91. The summed E-state index contributed by atoms with van der Waals surface area (Å²) in [6.45, 7) is 4.61. The van der Waals surface area contributed by atoms with E-state index in [1.165, 1.54) is 64.2 Å². The van der Waals surface area contributed by atoms with Crippen molar-refractivity contribution >= 4 is 99.6 Å². The van der Waals surface area contributed by atoms with Gasteiger partial charge in [-0.1, -0.05) is 72.8 Å². The second kappa shape index (κ2) is 31.5. The van der Waals surface area contributed by atoms with E-state index in [2.05, 4.69) is 20.3 Å². The van der Waals surface area contributed by atoms with Crippen molar-refractivity contribution in [2.75, 3.05) is 50.5 Å². The smallest absolute Gasteiger partial charge is 0.389 e. The highest BCUT2D eigenvalue weighted by Gasteiger charge is 2.41. The average molecular weight is 1250 g/mol. The van der Waals surface area contributed by atoms with Crippen LogP contribution in [0.15, 0.2) is 64.6 Å². The van der Waals surface area contributed by atoms with Crippen LogP contribution in [-0.4, -0.2) is 127 Å². The van der Waals surface area contributed by atoms with Gasteiger partial charge in [-0.15, -0.1) is 0 Å². The van der Waals surface area contributed by atoms with E-state index >= 15 is 0 Å². The Kier molecular flexibility index (Phi) is 26.7. The van der Waals surface area contributed by atoms with E-state index in [4.69, 9.17) is 74.6 Å². The number of aromatic carboxylic acids is 1. The summed E-state index contributed by atoms with van der Waals surface area (Å²) in [5, 5.41) is 19.4. The van der Waals surface area contributed by atoms with Gasteiger partial charge in [0.1, 0.15) is 29.0 Å². The molecule has 32 heteroatoms. The number of hydrogen-bond acceptors (Lipinski definition) is 17. The molecule has 81 heavy (non-hydrogen) atoms. The SMILES string of the molecule is CCCCCOC(=O)COc1cc(N2C(=O)C3=C(CCCC3)C2=O)c(F)cc1Cl.COc1c(Cl)ccc(Cl)c1C(=O)O.COc1nc(C)nc(NC(=O)NS(=O)(=O)c2ccccc2CCC(F)(F)F)n1.CP(=O)(O)CCC(N)C(=O)O. The number of aryl methyl sites for hydroxylation is 2. The largest absolute Gasteiger partial charge is 0.494 e. The topological polar surface area (TPSA) is 343 Å². The highest BCUT2D eigenvalue weighted by Crippen LogP contribution is 2.40. The van der Waals surface area contributed by atoms with Crippen molar-refractivity contribution in [1.82, 2.24) is 19.7 Å². The number of aliphatic carboxylic acids is 1. The third-order valence-corrected chi connectivity index (χ3v) is 14.4. The van der Waals surface area contributed by atoms with Gasteiger partial charge >= 0.3 is 36.1 Å². The van der Waals surface area contributed by atoms with Crippen LogP contribution in [0.4, 0.5) is 34.0 Å². The Morgan fingerprint density at radius 3 is 2.07 bits per heavy atom. The molecule has 0 bridgehead atoms. The van der Waals surface area contributed by atoms with Crippen molar-refractivity contribution in [3.8, 4) is 17.5 Å². The summed E-state index contributed by atoms with van der Waals surface area (Å²) < 4.78 is 109. The fraction of sp³-hybridized carbons (Fsp3) is 0.408. The number of nitrogens with two attached hydrogens (primary N) is 1. The number of carbonyl (C=O) groups excluding carboxylic acids is 4. The number of ether oxygens (including phenoxy) is 4. The van der Waals surface area contributed by atoms with Crippen molar-refractivity contribution in [3.63, 3.8) is 0 Å². The number of nitrogens with one attached hydrogen (secondary N) is 2. The van der Waals surface area contributed by atoms with E-state index in [0.29, 0.717) is 30.6 Å². The summed E-state index contributed by atoms with van der Waals surface area (Å²) in [4.78, 5) is 90.5. The number of rotatable bonds is 20. The zero-order chi connectivity index (χ0) is 61.0. The maximum absolute atomic E-state index is 14.5. The molecular weight excluding hydrogens is 1190 g/mol. The Hall–Kier alpha value is -6.68. The van der Waals surface area contributed by atoms with Crippen LogP contribution in [0.3, 0.4) is 0 Å². The third kappa shape index (κ3) is 22.0. The molecule has 0 fully saturated rings. The second-order valence-corrected chi connectivity index (χ2v) is 22.7. The number of urea groups is 1. The van der Waals surface area contributed by atoms with Gasteiger partial charge < -0.3 is 39.8 Å². The Bertz CT molecular complexity index is 3110. The van der Waals surface area contributed by atoms with Crippen molar-refractivity contribution in [3.05, 3.63) is 97.5 Å². The first-order valence-electron chi connectivity index (χ1n) is 24.0. The van der Waals surface area contributed by atoms with Gasteiger partial charge in [0.05, 0.1) is 46.5 Å². The molecule has 444 valence electrons. The van der Waals surface area contributed by atoms with Crippen LogP contribution in [0, 0.1) is 12.7 Å². The predicted molar refractivity (Wildman–Crippen MR) is 287 cm³/mol. The molecule has 7 N–H and O–H groups in total. The second-order valence-electron chi connectivity index (χ2n) is 17.3. The number of carboxylic acids is 2. The number of sulfonamides is 1. The molecule has 0 radical (unpaired) electrons. The summed E-state index contributed by atoms with van der Waals surface area (Å²) in [5.41, 5.74) is 5.58. The molecule has 0 saturated carbocycles. The molecule has 6 rings (SSSR count). The first kappa shape index (κ1) is 68.6. The molecule has 2 heterocycles. The van der Waals surface area contributed by atoms with E-state index in [-0.39, 0.29) is 73.7 Å². The number of nitrogens with zero attached hydrogens (tertiary/aromatic N) is 4. The molecule has 23 nitrogen and oxygen atoms in total. The average Bonchev–Trinajstić information content (AvgIpc) is 3.64. The number of amides is 4. The highest BCUT2D eigenvalue weighted by molar-refractivity contribution is 7.90. The molecule has 0 saturated heterocycles. The van der Waals surface area contributed by atoms with Crippen molar-refractivity contribution in [2.45, 2.75) is 95.2 Å². The number of anilines is 2. The lowest BCUT2D eigenvalue weighted by molar-refractivity contribution is -0.146. The number of halogens is 7. The zero-order valence-electron chi connectivity index (χ0n) is 43.9. The summed E-state index contributed by atoms with van der Waals surface area (Å²) >= 11 is 17.4. The van der Waals surface area contributed by atoms with Crippen LogP contribution in [0.2, 0.25) is 15.1 Å². The molecule has 2 aliphatic rings. The first-order valence-corrected chi connectivity index (χ1v) is 28.9. The van der Waals surface area contributed by atoms with Gasteiger partial charge in [-0.3, -0.25) is 24.3 Å². The van der Waals surface area contributed by atoms with Crippen LogP contribution in [0.5, 0.6) is 17.5 Å². The van der Waals surface area contributed by atoms with Gasteiger partial charge in [-0.2, -0.15) is 28.1 Å². The molecular formula is C49H57Cl3F4N7O16PS. The van der Waals surface area contributed by atoms with Gasteiger partial charge in [-0.05, 0) is 81.7 Å². The predicted octanol–water partition coefficient (Wildman–Crippen LogP) is 8.92. The normalized spacial score (nSPS) is 14.0.